The van der Waals surface area contributed by atoms with Crippen LogP contribution in [0.4, 0.5) is 0 Å². The lowest BCUT2D eigenvalue weighted by atomic mass is 9.72. The third kappa shape index (κ3) is 3.36. The molecule has 4 aromatic rings. The van der Waals surface area contributed by atoms with Crippen molar-refractivity contribution in [3.63, 3.8) is 0 Å². The minimum absolute atomic E-state index is 0.0360. The highest BCUT2D eigenvalue weighted by Crippen LogP contribution is 2.55. The lowest BCUT2D eigenvalue weighted by Crippen LogP contribution is -2.25. The second kappa shape index (κ2) is 8.55. The molecule has 2 nitrogen and oxygen atoms in total. The van der Waals surface area contributed by atoms with E-state index in [9.17, 15) is 0 Å². The second-order valence-electron chi connectivity index (χ2n) is 8.67. The first-order chi connectivity index (χ1) is 15.7. The highest BCUT2D eigenvalue weighted by Gasteiger charge is 2.43. The molecule has 2 aromatic heterocycles. The van der Waals surface area contributed by atoms with Gasteiger partial charge in [0.15, 0.2) is 0 Å². The summed E-state index contributed by atoms with van der Waals surface area (Å²) in [4.78, 5) is 10.8. The van der Waals surface area contributed by atoms with Crippen LogP contribution in [0, 0.1) is 0 Å². The molecule has 1 aliphatic carbocycles. The molecule has 0 amide bonds. The van der Waals surface area contributed by atoms with Crippen molar-refractivity contribution in [1.82, 2.24) is 9.97 Å². The summed E-state index contributed by atoms with van der Waals surface area (Å²) in [5, 5.41) is 0. The molecule has 160 valence electrons. The molecule has 2 heterocycles. The molecular weight excluding hydrogens is 408 g/mol. The SMILES string of the molecule is CCCC1(CCC)c2ccc(-c3cccc(-c4ccccn4)c3)nc2-c2c(S)cccc21. The maximum Gasteiger partial charge on any atom is 0.0764 e. The maximum atomic E-state index is 5.25. The van der Waals surface area contributed by atoms with Gasteiger partial charge < -0.3 is 0 Å². The number of benzene rings is 2. The van der Waals surface area contributed by atoms with Gasteiger partial charge in [0, 0.05) is 33.2 Å². The van der Waals surface area contributed by atoms with E-state index in [4.69, 9.17) is 17.6 Å². The van der Waals surface area contributed by atoms with Gasteiger partial charge in [0.1, 0.15) is 0 Å². The van der Waals surface area contributed by atoms with Crippen LogP contribution in [0.1, 0.15) is 50.7 Å². The number of pyridine rings is 2. The third-order valence-corrected chi connectivity index (χ3v) is 7.05. The molecule has 0 spiro atoms. The molecule has 0 atom stereocenters. The topological polar surface area (TPSA) is 25.8 Å². The summed E-state index contributed by atoms with van der Waals surface area (Å²) in [6.07, 6.45) is 6.39. The minimum Gasteiger partial charge on any atom is -0.256 e. The fourth-order valence-electron chi connectivity index (χ4n) is 5.42. The van der Waals surface area contributed by atoms with Gasteiger partial charge in [-0.1, -0.05) is 69.2 Å². The molecule has 32 heavy (non-hydrogen) atoms. The first-order valence-electron chi connectivity index (χ1n) is 11.5. The number of thiol groups is 1. The van der Waals surface area contributed by atoms with Crippen LogP contribution < -0.4 is 0 Å². The van der Waals surface area contributed by atoms with Gasteiger partial charge in [0.05, 0.1) is 17.1 Å². The highest BCUT2D eigenvalue weighted by molar-refractivity contribution is 7.80. The molecular formula is C29H28N2S. The van der Waals surface area contributed by atoms with Crippen molar-refractivity contribution in [2.75, 3.05) is 0 Å². The Morgan fingerprint density at radius 3 is 2.22 bits per heavy atom. The van der Waals surface area contributed by atoms with Crippen LogP contribution in [-0.2, 0) is 5.41 Å². The largest absolute Gasteiger partial charge is 0.256 e. The molecule has 0 saturated carbocycles. The molecule has 2 aromatic carbocycles. The van der Waals surface area contributed by atoms with Gasteiger partial charge in [-0.3, -0.25) is 4.98 Å². The van der Waals surface area contributed by atoms with E-state index in [-0.39, 0.29) is 5.41 Å². The Kier molecular flexibility index (Phi) is 5.60. The van der Waals surface area contributed by atoms with Gasteiger partial charge in [-0.15, -0.1) is 12.6 Å². The van der Waals surface area contributed by atoms with Crippen LogP contribution in [-0.4, -0.2) is 9.97 Å². The van der Waals surface area contributed by atoms with Crippen molar-refractivity contribution < 1.29 is 0 Å². The van der Waals surface area contributed by atoms with Crippen LogP contribution >= 0.6 is 12.6 Å². The summed E-state index contributed by atoms with van der Waals surface area (Å²) in [5.74, 6) is 0. The Morgan fingerprint density at radius 1 is 0.750 bits per heavy atom. The summed E-state index contributed by atoms with van der Waals surface area (Å²) in [5.41, 5.74) is 9.30. The number of rotatable bonds is 6. The van der Waals surface area contributed by atoms with E-state index in [2.05, 4.69) is 73.4 Å². The van der Waals surface area contributed by atoms with E-state index in [0.717, 1.165) is 58.8 Å². The first kappa shape index (κ1) is 21.0. The van der Waals surface area contributed by atoms with Crippen LogP contribution in [0.2, 0.25) is 0 Å². The van der Waals surface area contributed by atoms with E-state index in [0.29, 0.717) is 0 Å². The molecule has 0 fully saturated rings. The Hall–Kier alpha value is -2.91. The standard InChI is InChI=1S/C29H28N2S/c1-3-16-29(17-4-2)22-11-8-13-26(32)27(22)28-23(29)14-15-25(31-28)21-10-7-9-20(19-21)24-12-5-6-18-30-24/h5-15,18-19,32H,3-4,16-17H2,1-2H3. The number of hydrogen-bond acceptors (Lipinski definition) is 3. The molecule has 0 aliphatic heterocycles. The van der Waals surface area contributed by atoms with E-state index in [1.165, 1.54) is 16.7 Å². The molecule has 0 bridgehead atoms. The fourth-order valence-corrected chi connectivity index (χ4v) is 5.73. The van der Waals surface area contributed by atoms with Crippen LogP contribution in [0.5, 0.6) is 0 Å². The summed E-state index contributed by atoms with van der Waals surface area (Å²) in [7, 11) is 0. The second-order valence-corrected chi connectivity index (χ2v) is 9.15. The summed E-state index contributed by atoms with van der Waals surface area (Å²) >= 11 is 4.86. The summed E-state index contributed by atoms with van der Waals surface area (Å²) in [6, 6.07) is 25.6. The number of fused-ring (bicyclic) bond motifs is 3. The van der Waals surface area contributed by atoms with Crippen molar-refractivity contribution in [2.45, 2.75) is 49.8 Å². The van der Waals surface area contributed by atoms with Gasteiger partial charge >= 0.3 is 0 Å². The lowest BCUT2D eigenvalue weighted by molar-refractivity contribution is 0.435. The Bertz CT molecular complexity index is 1260. The summed E-state index contributed by atoms with van der Waals surface area (Å²) < 4.78 is 0. The molecule has 0 radical (unpaired) electrons. The third-order valence-electron chi connectivity index (χ3n) is 6.68. The zero-order valence-corrected chi connectivity index (χ0v) is 19.6. The molecule has 0 N–H and O–H groups in total. The van der Waals surface area contributed by atoms with E-state index in [1.54, 1.807) is 0 Å². The zero-order valence-electron chi connectivity index (χ0n) is 18.7. The predicted octanol–water partition coefficient (Wildman–Crippen LogP) is 7.97. The van der Waals surface area contributed by atoms with Gasteiger partial charge in [0.25, 0.3) is 0 Å². The quantitative estimate of drug-likeness (QED) is 0.310. The highest BCUT2D eigenvalue weighted by atomic mass is 32.1. The molecule has 0 unspecified atom stereocenters. The normalized spacial score (nSPS) is 13.6. The Balaban J connectivity index is 1.67. The van der Waals surface area contributed by atoms with Gasteiger partial charge in [0.2, 0.25) is 0 Å². The molecule has 0 saturated heterocycles. The van der Waals surface area contributed by atoms with Crippen molar-refractivity contribution in [1.29, 1.82) is 0 Å². The van der Waals surface area contributed by atoms with Crippen molar-refractivity contribution >= 4 is 12.6 Å². The van der Waals surface area contributed by atoms with Gasteiger partial charge in [-0.05, 0) is 54.3 Å². The monoisotopic (exact) mass is 436 g/mol. The number of hydrogen-bond donors (Lipinski definition) is 1. The smallest absolute Gasteiger partial charge is 0.0764 e. The maximum absolute atomic E-state index is 5.25. The molecule has 5 rings (SSSR count). The average molecular weight is 437 g/mol. The van der Waals surface area contributed by atoms with E-state index in [1.807, 2.05) is 24.4 Å². The number of nitrogens with zero attached hydrogens (tertiary/aromatic N) is 2. The van der Waals surface area contributed by atoms with Crippen molar-refractivity contribution in [3.8, 4) is 33.8 Å². The molecule has 1 aliphatic rings. The van der Waals surface area contributed by atoms with E-state index >= 15 is 0 Å². The average Bonchev–Trinajstić information content (AvgIpc) is 3.10. The lowest BCUT2D eigenvalue weighted by Gasteiger charge is -2.31. The van der Waals surface area contributed by atoms with Crippen LogP contribution in [0.15, 0.2) is 83.9 Å². The summed E-state index contributed by atoms with van der Waals surface area (Å²) in [6.45, 7) is 4.56. The van der Waals surface area contributed by atoms with Gasteiger partial charge in [-0.2, -0.15) is 0 Å². The van der Waals surface area contributed by atoms with E-state index < -0.39 is 0 Å². The van der Waals surface area contributed by atoms with Crippen LogP contribution in [0.25, 0.3) is 33.8 Å². The zero-order chi connectivity index (χ0) is 22.1. The van der Waals surface area contributed by atoms with Gasteiger partial charge in [-0.25, -0.2) is 4.98 Å². The fraction of sp³-hybridized carbons (Fsp3) is 0.241. The van der Waals surface area contributed by atoms with Crippen molar-refractivity contribution in [2.24, 2.45) is 0 Å². The van der Waals surface area contributed by atoms with Crippen LogP contribution in [0.3, 0.4) is 0 Å². The first-order valence-corrected chi connectivity index (χ1v) is 12.0. The number of aromatic nitrogens is 2. The Labute approximate surface area is 196 Å². The Morgan fingerprint density at radius 2 is 1.50 bits per heavy atom. The van der Waals surface area contributed by atoms with Crippen molar-refractivity contribution in [3.05, 3.63) is 90.1 Å². The predicted molar refractivity (Wildman–Crippen MR) is 136 cm³/mol. The molecule has 3 heteroatoms. The minimum atomic E-state index is 0.0360.